The summed E-state index contributed by atoms with van der Waals surface area (Å²) in [5, 5.41) is 0. The molecular weight excluding hydrogens is 388 g/mol. The van der Waals surface area contributed by atoms with Gasteiger partial charge in [0.15, 0.2) is 0 Å². The molecule has 0 saturated carbocycles. The van der Waals surface area contributed by atoms with E-state index in [2.05, 4.69) is 64.9 Å². The van der Waals surface area contributed by atoms with E-state index in [0.29, 0.717) is 6.04 Å². The van der Waals surface area contributed by atoms with E-state index in [1.807, 2.05) is 4.08 Å². The Hall–Kier alpha value is -1.04. The smallest absolute Gasteiger partial charge is 0.311 e. The van der Waals surface area contributed by atoms with Crippen molar-refractivity contribution in [1.82, 2.24) is 4.90 Å². The maximum atomic E-state index is 12.5. The first kappa shape index (κ1) is 15.8. The molecule has 0 radical (unpaired) electrons. The maximum Gasteiger partial charge on any atom is 0.311 e. The van der Waals surface area contributed by atoms with Crippen molar-refractivity contribution in [2.75, 3.05) is 7.11 Å². The molecule has 3 rings (SSSR count). The lowest BCUT2D eigenvalue weighted by molar-refractivity contribution is -0.149. The number of benzene rings is 1. The van der Waals surface area contributed by atoms with Gasteiger partial charge in [0.2, 0.25) is 0 Å². The minimum atomic E-state index is -0.0703. The molecule has 4 unspecified atom stereocenters. The Kier molecular flexibility index (Phi) is 4.76. The van der Waals surface area contributed by atoms with Crippen molar-refractivity contribution >= 4 is 28.6 Å². The zero-order chi connectivity index (χ0) is 15.7. The van der Waals surface area contributed by atoms with Crippen LogP contribution in [0.2, 0.25) is 0 Å². The molecule has 118 valence electrons. The van der Waals surface area contributed by atoms with E-state index in [0.717, 1.165) is 12.8 Å². The van der Waals surface area contributed by atoms with Gasteiger partial charge in [0.05, 0.1) is 13.0 Å². The summed E-state index contributed by atoms with van der Waals surface area (Å²) in [6, 6.07) is 9.45. The monoisotopic (exact) mass is 410 g/mol. The van der Waals surface area contributed by atoms with Crippen molar-refractivity contribution in [2.45, 2.75) is 44.2 Å². The Morgan fingerprint density at radius 2 is 2.05 bits per heavy atom. The molecule has 0 spiro atoms. The molecule has 0 aromatic heterocycles. The molecule has 22 heavy (non-hydrogen) atoms. The number of carbonyl (C=O) groups excluding carboxylic acids is 1. The van der Waals surface area contributed by atoms with Crippen LogP contribution in [0.3, 0.4) is 0 Å². The Morgan fingerprint density at radius 3 is 2.68 bits per heavy atom. The summed E-state index contributed by atoms with van der Waals surface area (Å²) >= 11 is 2.25. The van der Waals surface area contributed by atoms with Gasteiger partial charge in [-0.05, 0) is 35.8 Å². The third kappa shape index (κ3) is 2.77. The highest BCUT2D eigenvalue weighted by Crippen LogP contribution is 2.47. The molecule has 2 heterocycles. The summed E-state index contributed by atoms with van der Waals surface area (Å²) in [6.07, 6.45) is 5.42. The lowest BCUT2D eigenvalue weighted by Gasteiger charge is -2.43. The predicted molar refractivity (Wildman–Crippen MR) is 95.9 cm³/mol. The van der Waals surface area contributed by atoms with Crippen LogP contribution in [0, 0.1) is 12.8 Å². The Balaban J connectivity index is 1.96. The predicted octanol–water partition coefficient (Wildman–Crippen LogP) is 4.01. The molecule has 2 fully saturated rings. The number of esters is 1. The van der Waals surface area contributed by atoms with Crippen molar-refractivity contribution in [3.63, 3.8) is 0 Å². The summed E-state index contributed by atoms with van der Waals surface area (Å²) in [6.45, 7) is 2.10. The second-order valence-electron chi connectivity index (χ2n) is 6.32. The van der Waals surface area contributed by atoms with E-state index in [1.165, 1.54) is 24.7 Å². The van der Waals surface area contributed by atoms with Crippen LogP contribution >= 0.6 is 22.6 Å². The summed E-state index contributed by atoms with van der Waals surface area (Å²) in [5.41, 5.74) is 2.53. The fourth-order valence-electron chi connectivity index (χ4n) is 4.16. The van der Waals surface area contributed by atoms with Gasteiger partial charge in [-0.3, -0.25) is 4.79 Å². The lowest BCUT2D eigenvalue weighted by atomic mass is 9.76. The molecule has 2 aliphatic rings. The summed E-state index contributed by atoms with van der Waals surface area (Å²) in [7, 11) is 1.51. The van der Waals surface area contributed by atoms with Gasteiger partial charge in [0.1, 0.15) is 0 Å². The van der Waals surface area contributed by atoms with E-state index >= 15 is 0 Å². The number of methoxy groups -OCH3 is 1. The van der Waals surface area contributed by atoms with Crippen molar-refractivity contribution in [3.05, 3.63) is 45.7 Å². The van der Waals surface area contributed by atoms with Crippen LogP contribution < -0.4 is 0 Å². The molecule has 2 saturated heterocycles. The van der Waals surface area contributed by atoms with Crippen LogP contribution in [0.4, 0.5) is 0 Å². The molecular formula is C18H22INO2. The normalized spacial score (nSPS) is 30.8. The van der Waals surface area contributed by atoms with E-state index in [1.54, 1.807) is 0 Å². The first-order valence-electron chi connectivity index (χ1n) is 7.84. The molecule has 2 aliphatic heterocycles. The number of rotatable bonds is 3. The number of hydrogen-bond donors (Lipinski definition) is 0. The van der Waals surface area contributed by atoms with Gasteiger partial charge >= 0.3 is 5.97 Å². The highest BCUT2D eigenvalue weighted by Gasteiger charge is 2.50. The highest BCUT2D eigenvalue weighted by molar-refractivity contribution is 14.1. The van der Waals surface area contributed by atoms with Crippen molar-refractivity contribution in [1.29, 1.82) is 0 Å². The summed E-state index contributed by atoms with van der Waals surface area (Å²) in [4.78, 5) is 14.9. The highest BCUT2D eigenvalue weighted by atomic mass is 127. The topological polar surface area (TPSA) is 29.5 Å². The van der Waals surface area contributed by atoms with Crippen LogP contribution in [-0.4, -0.2) is 30.1 Å². The van der Waals surface area contributed by atoms with E-state index in [9.17, 15) is 4.79 Å². The summed E-state index contributed by atoms with van der Waals surface area (Å²) in [5.74, 6) is 0.131. The third-order valence-electron chi connectivity index (χ3n) is 5.18. The number of hydrogen-bond acceptors (Lipinski definition) is 3. The second-order valence-corrected chi connectivity index (χ2v) is 7.04. The zero-order valence-electron chi connectivity index (χ0n) is 13.0. The van der Waals surface area contributed by atoms with Crippen LogP contribution in [0.5, 0.6) is 0 Å². The number of fused-ring (bicyclic) bond motifs is 2. The standard InChI is InChI=1S/C18H22INO2/c1-12-3-5-13(6-4-12)15-11-14-7-8-16(20(14)10-9-19)17(15)18(21)22-2/h3-6,9-10,14-17H,7-8,11H2,1-2H3/b10-9+/i2-1. The van der Waals surface area contributed by atoms with Crippen LogP contribution in [0.1, 0.15) is 36.3 Å². The maximum absolute atomic E-state index is 12.5. The molecule has 2 bridgehead atoms. The molecule has 0 aliphatic carbocycles. The molecule has 1 aromatic rings. The zero-order valence-corrected chi connectivity index (χ0v) is 15.2. The van der Waals surface area contributed by atoms with Gasteiger partial charge in [-0.15, -0.1) is 0 Å². The first-order chi connectivity index (χ1) is 10.7. The molecule has 0 N–H and O–H groups in total. The number of nitrogens with zero attached hydrogens (tertiary/aromatic N) is 1. The quantitative estimate of drug-likeness (QED) is 0.557. The average Bonchev–Trinajstić information content (AvgIpc) is 2.80. The minimum absolute atomic E-state index is 0.0669. The minimum Gasteiger partial charge on any atom is -0.469 e. The number of carbonyl (C=O) groups is 1. The number of halogens is 1. The average molecular weight is 410 g/mol. The summed E-state index contributed by atoms with van der Waals surface area (Å²) < 4.78 is 7.20. The Bertz CT molecular complexity index is 569. The van der Waals surface area contributed by atoms with Gasteiger partial charge in [-0.1, -0.05) is 52.4 Å². The molecule has 0 amide bonds. The number of piperidine rings is 1. The van der Waals surface area contributed by atoms with Crippen molar-refractivity contribution in [3.8, 4) is 0 Å². The van der Waals surface area contributed by atoms with Crippen LogP contribution in [0.25, 0.3) is 0 Å². The Morgan fingerprint density at radius 1 is 1.32 bits per heavy atom. The third-order valence-corrected chi connectivity index (χ3v) is 5.50. The van der Waals surface area contributed by atoms with Crippen molar-refractivity contribution < 1.29 is 9.53 Å². The van der Waals surface area contributed by atoms with Gasteiger partial charge in [0, 0.05) is 24.2 Å². The van der Waals surface area contributed by atoms with Gasteiger partial charge in [-0.2, -0.15) is 0 Å². The molecule has 3 nitrogen and oxygen atoms in total. The molecule has 4 heteroatoms. The molecule has 4 atom stereocenters. The van der Waals surface area contributed by atoms with E-state index < -0.39 is 0 Å². The number of aryl methyl sites for hydroxylation is 1. The van der Waals surface area contributed by atoms with E-state index in [-0.39, 0.29) is 23.8 Å². The number of ether oxygens (including phenoxy) is 1. The molecule has 1 aromatic carbocycles. The Labute approximate surface area is 145 Å². The SMILES string of the molecule is Cc1ccc(C2CC3CCC(C2C(=O)O[11CH3])N3/C=C/I)cc1. The van der Waals surface area contributed by atoms with Gasteiger partial charge in [-0.25, -0.2) is 0 Å². The largest absolute Gasteiger partial charge is 0.469 e. The van der Waals surface area contributed by atoms with Gasteiger partial charge in [0.25, 0.3) is 0 Å². The first-order valence-corrected chi connectivity index (χ1v) is 9.09. The van der Waals surface area contributed by atoms with Crippen molar-refractivity contribution in [2.24, 2.45) is 5.92 Å². The fraction of sp³-hybridized carbons (Fsp3) is 0.500. The van der Waals surface area contributed by atoms with E-state index in [4.69, 9.17) is 4.74 Å². The lowest BCUT2D eigenvalue weighted by Crippen LogP contribution is -2.48. The fourth-order valence-corrected chi connectivity index (χ4v) is 4.53. The van der Waals surface area contributed by atoms with Crippen LogP contribution in [0.15, 0.2) is 34.5 Å². The second kappa shape index (κ2) is 6.60. The van der Waals surface area contributed by atoms with Crippen LogP contribution in [-0.2, 0) is 9.53 Å². The van der Waals surface area contributed by atoms with Gasteiger partial charge < -0.3 is 9.64 Å².